The number of aromatic nitrogens is 3. The third-order valence-corrected chi connectivity index (χ3v) is 3.92. The van der Waals surface area contributed by atoms with Gasteiger partial charge in [0, 0.05) is 6.20 Å². The van der Waals surface area contributed by atoms with Gasteiger partial charge in [-0.3, -0.25) is 0 Å². The van der Waals surface area contributed by atoms with Crippen LogP contribution in [0.15, 0.2) is 40.8 Å². The summed E-state index contributed by atoms with van der Waals surface area (Å²) >= 11 is 1.63. The zero-order valence-electron chi connectivity index (χ0n) is 9.82. The summed E-state index contributed by atoms with van der Waals surface area (Å²) in [5.74, 6) is 1.24. The Kier molecular flexibility index (Phi) is 2.10. The second-order valence-electron chi connectivity index (χ2n) is 4.20. The van der Waals surface area contributed by atoms with Crippen molar-refractivity contribution >= 4 is 34.1 Å². The first-order valence-corrected chi connectivity index (χ1v) is 6.68. The predicted molar refractivity (Wildman–Crippen MR) is 75.2 cm³/mol. The van der Waals surface area contributed by atoms with Crippen LogP contribution in [-0.2, 0) is 0 Å². The van der Waals surface area contributed by atoms with Crippen LogP contribution >= 0.6 is 11.3 Å². The molecule has 0 fully saturated rings. The maximum absolute atomic E-state index is 5.88. The van der Waals surface area contributed by atoms with E-state index in [-0.39, 0.29) is 6.17 Å². The minimum Gasteiger partial charge on any atom is -0.370 e. The van der Waals surface area contributed by atoms with Crippen LogP contribution in [0.1, 0.15) is 11.0 Å². The first-order valence-electron chi connectivity index (χ1n) is 5.80. The molecule has 6 nitrogen and oxygen atoms in total. The number of nitrogens with zero attached hydrogens (tertiary/aromatic N) is 4. The fraction of sp³-hybridized carbons (Fsp3) is 0.0833. The van der Waals surface area contributed by atoms with Crippen LogP contribution in [0.3, 0.4) is 0 Å². The number of anilines is 1. The molecule has 0 radical (unpaired) electrons. The molecule has 94 valence electrons. The number of rotatable bonds is 1. The van der Waals surface area contributed by atoms with Crippen LogP contribution < -0.4 is 11.1 Å². The van der Waals surface area contributed by atoms with E-state index in [0.29, 0.717) is 11.6 Å². The first kappa shape index (κ1) is 10.5. The van der Waals surface area contributed by atoms with Gasteiger partial charge in [0.1, 0.15) is 5.82 Å². The fourth-order valence-corrected chi connectivity index (χ4v) is 2.95. The molecule has 1 unspecified atom stereocenters. The number of aliphatic imine (C=N–C) groups is 1. The normalized spacial score (nSPS) is 17.9. The van der Waals surface area contributed by atoms with Gasteiger partial charge in [0.2, 0.25) is 0 Å². The summed E-state index contributed by atoms with van der Waals surface area (Å²) in [4.78, 5) is 9.79. The molecule has 1 atom stereocenters. The second-order valence-corrected chi connectivity index (χ2v) is 5.18. The van der Waals surface area contributed by atoms with Gasteiger partial charge in [-0.25, -0.2) is 14.7 Å². The Balaban J connectivity index is 1.98. The lowest BCUT2D eigenvalue weighted by Gasteiger charge is -2.21. The van der Waals surface area contributed by atoms with Crippen LogP contribution in [0.25, 0.3) is 11.0 Å². The topological polar surface area (TPSA) is 81.1 Å². The van der Waals surface area contributed by atoms with Gasteiger partial charge < -0.3 is 11.1 Å². The van der Waals surface area contributed by atoms with E-state index in [4.69, 9.17) is 5.73 Å². The summed E-state index contributed by atoms with van der Waals surface area (Å²) in [5.41, 5.74) is 6.57. The highest BCUT2D eigenvalue weighted by Gasteiger charge is 2.25. The number of hydrogen-bond donors (Lipinski definition) is 2. The third-order valence-electron chi connectivity index (χ3n) is 3.01. The Labute approximate surface area is 112 Å². The van der Waals surface area contributed by atoms with E-state index < -0.39 is 0 Å². The highest BCUT2D eigenvalue weighted by Crippen LogP contribution is 2.33. The summed E-state index contributed by atoms with van der Waals surface area (Å²) < 4.78 is 1.83. The molecular formula is C12H10N6S. The number of nitrogens with two attached hydrogens (primary N) is 1. The highest BCUT2D eigenvalue weighted by atomic mass is 32.1. The van der Waals surface area contributed by atoms with Crippen LogP contribution in [-0.4, -0.2) is 20.7 Å². The van der Waals surface area contributed by atoms with Crippen molar-refractivity contribution in [1.29, 1.82) is 0 Å². The van der Waals surface area contributed by atoms with Crippen LogP contribution in [0.4, 0.5) is 5.82 Å². The van der Waals surface area contributed by atoms with E-state index in [0.717, 1.165) is 16.1 Å². The minimum absolute atomic E-state index is 0.217. The average molecular weight is 270 g/mol. The van der Waals surface area contributed by atoms with Gasteiger partial charge in [-0.2, -0.15) is 0 Å². The van der Waals surface area contributed by atoms with Crippen molar-refractivity contribution in [2.45, 2.75) is 6.17 Å². The molecule has 1 aliphatic heterocycles. The Morgan fingerprint density at radius 3 is 3.11 bits per heavy atom. The molecule has 0 bridgehead atoms. The smallest absolute Gasteiger partial charge is 0.196 e. The van der Waals surface area contributed by atoms with E-state index in [1.807, 2.05) is 34.3 Å². The Morgan fingerprint density at radius 1 is 1.32 bits per heavy atom. The molecule has 0 saturated heterocycles. The zero-order valence-corrected chi connectivity index (χ0v) is 10.6. The molecule has 0 aromatic carbocycles. The van der Waals surface area contributed by atoms with E-state index in [2.05, 4.69) is 20.4 Å². The zero-order chi connectivity index (χ0) is 12.8. The lowest BCUT2D eigenvalue weighted by molar-refractivity contribution is 0.555. The van der Waals surface area contributed by atoms with Crippen molar-refractivity contribution in [3.05, 3.63) is 40.7 Å². The van der Waals surface area contributed by atoms with Crippen molar-refractivity contribution in [3.8, 4) is 0 Å². The molecule has 3 aromatic rings. The fourth-order valence-electron chi connectivity index (χ4n) is 2.20. The summed E-state index contributed by atoms with van der Waals surface area (Å²) in [6, 6.07) is 7.88. The molecule has 1 aliphatic rings. The summed E-state index contributed by atoms with van der Waals surface area (Å²) in [6.45, 7) is 0. The van der Waals surface area contributed by atoms with Crippen molar-refractivity contribution in [1.82, 2.24) is 14.8 Å². The number of thiophene rings is 1. The molecule has 19 heavy (non-hydrogen) atoms. The lowest BCUT2D eigenvalue weighted by Crippen LogP contribution is -2.31. The van der Waals surface area contributed by atoms with E-state index in [9.17, 15) is 0 Å². The third kappa shape index (κ3) is 1.52. The summed E-state index contributed by atoms with van der Waals surface area (Å²) in [6.07, 6.45) is 1.51. The molecule has 0 spiro atoms. The lowest BCUT2D eigenvalue weighted by atomic mass is 10.3. The van der Waals surface area contributed by atoms with Crippen molar-refractivity contribution in [2.24, 2.45) is 10.7 Å². The molecule has 0 amide bonds. The van der Waals surface area contributed by atoms with Crippen molar-refractivity contribution in [2.75, 3.05) is 5.32 Å². The van der Waals surface area contributed by atoms with Gasteiger partial charge in [-0.05, 0) is 23.6 Å². The summed E-state index contributed by atoms with van der Waals surface area (Å²) in [5, 5.41) is 10.5. The largest absolute Gasteiger partial charge is 0.370 e. The molecule has 3 N–H and O–H groups in total. The molecule has 3 aromatic heterocycles. The minimum atomic E-state index is -0.217. The van der Waals surface area contributed by atoms with Crippen LogP contribution in [0.5, 0.6) is 0 Å². The maximum atomic E-state index is 5.88. The highest BCUT2D eigenvalue weighted by molar-refractivity contribution is 7.10. The number of pyridine rings is 1. The molecule has 4 heterocycles. The standard InChI is InChI=1S/C12H10N6S/c13-12-15-10-7-3-1-5-14-9(7)17-18(10)11(16-12)8-4-2-6-19-8/h1-6,11H,(H3,13,15,16). The summed E-state index contributed by atoms with van der Waals surface area (Å²) in [7, 11) is 0. The van der Waals surface area contributed by atoms with Gasteiger partial charge in [0.15, 0.2) is 17.8 Å². The first-order chi connectivity index (χ1) is 9.33. The molecular weight excluding hydrogens is 260 g/mol. The number of hydrogen-bond acceptors (Lipinski definition) is 6. The molecule has 0 saturated carbocycles. The number of fused-ring (bicyclic) bond motifs is 3. The van der Waals surface area contributed by atoms with E-state index >= 15 is 0 Å². The van der Waals surface area contributed by atoms with Gasteiger partial charge >= 0.3 is 0 Å². The van der Waals surface area contributed by atoms with E-state index in [1.165, 1.54) is 0 Å². The second kappa shape index (κ2) is 3.79. The Hall–Kier alpha value is -2.41. The van der Waals surface area contributed by atoms with Gasteiger partial charge in [0.25, 0.3) is 0 Å². The Bertz CT molecular complexity index is 773. The van der Waals surface area contributed by atoms with Crippen molar-refractivity contribution < 1.29 is 0 Å². The van der Waals surface area contributed by atoms with Gasteiger partial charge in [0.05, 0.1) is 10.3 Å². The average Bonchev–Trinajstić information content (AvgIpc) is 3.05. The SMILES string of the molecule is NC1=NC(c2cccs2)n2nc3ncccc3c2N1. The van der Waals surface area contributed by atoms with Crippen LogP contribution in [0.2, 0.25) is 0 Å². The van der Waals surface area contributed by atoms with Crippen molar-refractivity contribution in [3.63, 3.8) is 0 Å². The Morgan fingerprint density at radius 2 is 2.26 bits per heavy atom. The predicted octanol–water partition coefficient (Wildman–Crippen LogP) is 1.78. The van der Waals surface area contributed by atoms with Crippen LogP contribution in [0, 0.1) is 0 Å². The van der Waals surface area contributed by atoms with Gasteiger partial charge in [-0.15, -0.1) is 16.4 Å². The maximum Gasteiger partial charge on any atom is 0.196 e. The molecule has 7 heteroatoms. The van der Waals surface area contributed by atoms with E-state index in [1.54, 1.807) is 17.5 Å². The number of guanidine groups is 1. The number of nitrogens with one attached hydrogen (secondary N) is 1. The quantitative estimate of drug-likeness (QED) is 0.706. The molecule has 4 rings (SSSR count). The molecule has 0 aliphatic carbocycles. The monoisotopic (exact) mass is 270 g/mol. The van der Waals surface area contributed by atoms with Gasteiger partial charge in [-0.1, -0.05) is 6.07 Å².